The molecule has 0 fully saturated rings. The molecule has 0 atom stereocenters. The molecule has 0 aliphatic rings. The molecule has 1 amide bonds. The number of hydrogen-bond donors (Lipinski definition) is 1. The topological polar surface area (TPSA) is 81.7 Å². The second-order valence-electron chi connectivity index (χ2n) is 5.99. The lowest BCUT2D eigenvalue weighted by atomic mass is 10.1. The average molecular weight is 377 g/mol. The minimum atomic E-state index is -3.35. The first kappa shape index (κ1) is 19.8. The highest BCUT2D eigenvalue weighted by Gasteiger charge is 2.19. The highest BCUT2D eigenvalue weighted by molar-refractivity contribution is 7.92. The molecule has 0 aliphatic carbocycles. The molecule has 2 aromatic carbocycles. The van der Waals surface area contributed by atoms with Crippen LogP contribution in [-0.2, 0) is 16.4 Å². The number of sulfone groups is 1. The van der Waals surface area contributed by atoms with Gasteiger partial charge in [0.05, 0.1) is 24.4 Å². The predicted octanol–water partition coefficient (Wildman–Crippen LogP) is 2.82. The summed E-state index contributed by atoms with van der Waals surface area (Å²) in [4.78, 5) is 12.5. The van der Waals surface area contributed by atoms with E-state index in [0.29, 0.717) is 23.6 Å². The highest BCUT2D eigenvalue weighted by Crippen LogP contribution is 2.27. The van der Waals surface area contributed by atoms with Crippen molar-refractivity contribution in [2.45, 2.75) is 30.5 Å². The number of carbonyl (C=O) groups excluding carboxylic acids is 1. The van der Waals surface area contributed by atoms with Crippen LogP contribution >= 0.6 is 0 Å². The lowest BCUT2D eigenvalue weighted by Gasteiger charge is -2.11. The van der Waals surface area contributed by atoms with Crippen LogP contribution in [-0.4, -0.2) is 33.8 Å². The van der Waals surface area contributed by atoms with Crippen LogP contribution in [0.4, 0.5) is 0 Å². The van der Waals surface area contributed by atoms with E-state index in [4.69, 9.17) is 9.47 Å². The summed E-state index contributed by atoms with van der Waals surface area (Å²) < 4.78 is 34.6. The minimum absolute atomic E-state index is 0.212. The number of ether oxygens (including phenoxy) is 2. The summed E-state index contributed by atoms with van der Waals surface area (Å²) >= 11 is 0. The summed E-state index contributed by atoms with van der Waals surface area (Å²) in [7, 11) is -0.240. The Balaban J connectivity index is 2.07. The van der Waals surface area contributed by atoms with E-state index in [-0.39, 0.29) is 10.8 Å². The SMILES string of the molecule is COc1ccc(CNC(=O)c2ccc(S(=O)(=O)C(C)C)cc2)cc1OC. The Hall–Kier alpha value is -2.54. The Bertz CT molecular complexity index is 873. The third kappa shape index (κ3) is 4.35. The van der Waals surface area contributed by atoms with Gasteiger partial charge in [0.2, 0.25) is 0 Å². The molecular formula is C19H23NO5S. The molecule has 2 rings (SSSR count). The number of methoxy groups -OCH3 is 2. The van der Waals surface area contributed by atoms with E-state index in [1.807, 2.05) is 6.07 Å². The van der Waals surface area contributed by atoms with Gasteiger partial charge in [0.25, 0.3) is 5.91 Å². The maximum absolute atomic E-state index is 12.3. The second-order valence-corrected chi connectivity index (χ2v) is 8.49. The summed E-state index contributed by atoms with van der Waals surface area (Å²) in [5, 5.41) is 2.29. The molecule has 0 heterocycles. The van der Waals surface area contributed by atoms with E-state index in [2.05, 4.69) is 5.32 Å². The van der Waals surface area contributed by atoms with Crippen molar-refractivity contribution in [1.82, 2.24) is 5.32 Å². The maximum atomic E-state index is 12.3. The van der Waals surface area contributed by atoms with E-state index in [9.17, 15) is 13.2 Å². The molecule has 0 radical (unpaired) electrons. The van der Waals surface area contributed by atoms with Gasteiger partial charge in [-0.25, -0.2) is 8.42 Å². The first-order valence-corrected chi connectivity index (χ1v) is 9.67. The fourth-order valence-corrected chi connectivity index (χ4v) is 3.40. The average Bonchev–Trinajstić information content (AvgIpc) is 2.65. The number of nitrogens with one attached hydrogen (secondary N) is 1. The summed E-state index contributed by atoms with van der Waals surface area (Å²) in [5.74, 6) is 0.917. The van der Waals surface area contributed by atoms with Crippen molar-refractivity contribution in [1.29, 1.82) is 0 Å². The molecule has 0 unspecified atom stereocenters. The molecule has 0 spiro atoms. The van der Waals surface area contributed by atoms with Crippen molar-refractivity contribution in [2.75, 3.05) is 14.2 Å². The first-order valence-electron chi connectivity index (χ1n) is 8.12. The molecule has 7 heteroatoms. The zero-order valence-corrected chi connectivity index (χ0v) is 16.1. The van der Waals surface area contributed by atoms with Crippen LogP contribution in [0.3, 0.4) is 0 Å². The van der Waals surface area contributed by atoms with Crippen molar-refractivity contribution in [2.24, 2.45) is 0 Å². The lowest BCUT2D eigenvalue weighted by molar-refractivity contribution is 0.0950. The van der Waals surface area contributed by atoms with Crippen molar-refractivity contribution in [3.05, 3.63) is 53.6 Å². The van der Waals surface area contributed by atoms with Gasteiger partial charge in [-0.3, -0.25) is 4.79 Å². The lowest BCUT2D eigenvalue weighted by Crippen LogP contribution is -2.23. The summed E-state index contributed by atoms with van der Waals surface area (Å²) in [6.45, 7) is 3.56. The zero-order valence-electron chi connectivity index (χ0n) is 15.3. The van der Waals surface area contributed by atoms with Gasteiger partial charge in [-0.1, -0.05) is 6.07 Å². The molecule has 0 aliphatic heterocycles. The van der Waals surface area contributed by atoms with Gasteiger partial charge in [-0.2, -0.15) is 0 Å². The monoisotopic (exact) mass is 377 g/mol. The largest absolute Gasteiger partial charge is 0.493 e. The van der Waals surface area contributed by atoms with Crippen molar-refractivity contribution in [3.8, 4) is 11.5 Å². The second kappa shape index (κ2) is 8.23. The van der Waals surface area contributed by atoms with Gasteiger partial charge >= 0.3 is 0 Å². The Kier molecular flexibility index (Phi) is 6.26. The molecular weight excluding hydrogens is 354 g/mol. The molecule has 1 N–H and O–H groups in total. The van der Waals surface area contributed by atoms with E-state index in [0.717, 1.165) is 5.56 Å². The van der Waals surface area contributed by atoms with Crippen LogP contribution in [0.5, 0.6) is 11.5 Å². The predicted molar refractivity (Wildman–Crippen MR) is 99.5 cm³/mol. The van der Waals surface area contributed by atoms with Gasteiger partial charge in [-0.05, 0) is 55.8 Å². The van der Waals surface area contributed by atoms with Gasteiger partial charge in [0.1, 0.15) is 0 Å². The number of hydrogen-bond acceptors (Lipinski definition) is 5. The van der Waals surface area contributed by atoms with Crippen LogP contribution in [0.15, 0.2) is 47.4 Å². The van der Waals surface area contributed by atoms with Crippen molar-refractivity contribution < 1.29 is 22.7 Å². The molecule has 0 saturated carbocycles. The zero-order chi connectivity index (χ0) is 19.3. The quantitative estimate of drug-likeness (QED) is 0.802. The van der Waals surface area contributed by atoms with E-state index in [1.54, 1.807) is 40.2 Å². The van der Waals surface area contributed by atoms with Gasteiger partial charge < -0.3 is 14.8 Å². The minimum Gasteiger partial charge on any atom is -0.493 e. The van der Waals surface area contributed by atoms with Gasteiger partial charge in [0, 0.05) is 12.1 Å². The number of rotatable bonds is 7. The summed E-state index contributed by atoms with van der Waals surface area (Å²) in [5.41, 5.74) is 1.25. The Labute approximate surface area is 154 Å². The molecule has 0 aromatic heterocycles. The molecule has 6 nitrogen and oxygen atoms in total. The summed E-state index contributed by atoms with van der Waals surface area (Å²) in [6, 6.07) is 11.3. The van der Waals surface area contributed by atoms with E-state index < -0.39 is 15.1 Å². The first-order chi connectivity index (χ1) is 12.3. The van der Waals surface area contributed by atoms with Crippen molar-refractivity contribution >= 4 is 15.7 Å². The van der Waals surface area contributed by atoms with Crippen LogP contribution in [0, 0.1) is 0 Å². The van der Waals surface area contributed by atoms with Crippen LogP contribution in [0.2, 0.25) is 0 Å². The molecule has 2 aromatic rings. The summed E-state index contributed by atoms with van der Waals surface area (Å²) in [6.07, 6.45) is 0. The third-order valence-electron chi connectivity index (χ3n) is 3.97. The highest BCUT2D eigenvalue weighted by atomic mass is 32.2. The molecule has 140 valence electrons. The van der Waals surface area contributed by atoms with E-state index >= 15 is 0 Å². The fraction of sp³-hybridized carbons (Fsp3) is 0.316. The standard InChI is InChI=1S/C19H23NO5S/c1-13(2)26(22,23)16-8-6-15(7-9-16)19(21)20-12-14-5-10-17(24-3)18(11-14)25-4/h5-11,13H,12H2,1-4H3,(H,20,21). The Morgan fingerprint density at radius 1 is 1.00 bits per heavy atom. The van der Waals surface area contributed by atoms with Gasteiger partial charge in [0.15, 0.2) is 21.3 Å². The van der Waals surface area contributed by atoms with E-state index in [1.165, 1.54) is 24.3 Å². The number of amides is 1. The molecule has 0 bridgehead atoms. The normalized spacial score (nSPS) is 11.3. The van der Waals surface area contributed by atoms with Crippen LogP contribution < -0.4 is 14.8 Å². The Morgan fingerprint density at radius 2 is 1.62 bits per heavy atom. The van der Waals surface area contributed by atoms with Gasteiger partial charge in [-0.15, -0.1) is 0 Å². The third-order valence-corrected chi connectivity index (χ3v) is 6.14. The molecule has 0 saturated heterocycles. The van der Waals surface area contributed by atoms with Crippen LogP contribution in [0.1, 0.15) is 29.8 Å². The molecule has 26 heavy (non-hydrogen) atoms. The number of benzene rings is 2. The van der Waals surface area contributed by atoms with Crippen molar-refractivity contribution in [3.63, 3.8) is 0 Å². The fourth-order valence-electron chi connectivity index (χ4n) is 2.34. The number of carbonyl (C=O) groups is 1. The van der Waals surface area contributed by atoms with Crippen LogP contribution in [0.25, 0.3) is 0 Å². The maximum Gasteiger partial charge on any atom is 0.251 e. The smallest absolute Gasteiger partial charge is 0.251 e. The Morgan fingerprint density at radius 3 is 2.15 bits per heavy atom.